The average Bonchev–Trinajstić information content (AvgIpc) is 2.50. The summed E-state index contributed by atoms with van der Waals surface area (Å²) in [5.41, 5.74) is 0.741. The molecule has 0 spiro atoms. The molecule has 1 rings (SSSR count). The number of hydrogen-bond acceptors (Lipinski definition) is 3. The van der Waals surface area contributed by atoms with Crippen molar-refractivity contribution >= 4 is 17.1 Å². The molecule has 0 aliphatic heterocycles. The number of hydrogen-bond donors (Lipinski definition) is 0. The van der Waals surface area contributed by atoms with Crippen LogP contribution in [0.2, 0.25) is 0 Å². The third kappa shape index (κ3) is 2.04. The van der Waals surface area contributed by atoms with Crippen molar-refractivity contribution in [1.82, 2.24) is 4.90 Å². The highest BCUT2D eigenvalue weighted by Gasteiger charge is 2.31. The van der Waals surface area contributed by atoms with Crippen LogP contribution in [0.3, 0.4) is 0 Å². The summed E-state index contributed by atoms with van der Waals surface area (Å²) in [5, 5.41) is 2.01. The molecule has 0 aliphatic rings. The van der Waals surface area contributed by atoms with E-state index in [1.807, 2.05) is 51.2 Å². The molecule has 0 aliphatic carbocycles. The fourth-order valence-corrected chi connectivity index (χ4v) is 2.05. The van der Waals surface area contributed by atoms with E-state index in [0.717, 1.165) is 10.4 Å². The second-order valence-electron chi connectivity index (χ2n) is 4.27. The molecule has 14 heavy (non-hydrogen) atoms. The topological polar surface area (TPSA) is 20.3 Å². The van der Waals surface area contributed by atoms with Crippen LogP contribution in [0, 0.1) is 6.92 Å². The molecule has 1 heterocycles. The highest BCUT2D eigenvalue weighted by atomic mass is 32.1. The first kappa shape index (κ1) is 11.4. The minimum absolute atomic E-state index is 0.195. The van der Waals surface area contributed by atoms with Gasteiger partial charge >= 0.3 is 0 Å². The third-order valence-corrected chi connectivity index (χ3v) is 3.67. The van der Waals surface area contributed by atoms with E-state index >= 15 is 0 Å². The summed E-state index contributed by atoms with van der Waals surface area (Å²) in [6.07, 6.45) is 0. The summed E-state index contributed by atoms with van der Waals surface area (Å²) in [6, 6.07) is 1.96. The lowest BCUT2D eigenvalue weighted by Gasteiger charge is -2.30. The van der Waals surface area contributed by atoms with Gasteiger partial charge in [0.2, 0.25) is 0 Å². The minimum Gasteiger partial charge on any atom is -0.297 e. The van der Waals surface area contributed by atoms with E-state index in [0.29, 0.717) is 0 Å². The molecule has 3 heteroatoms. The first-order valence-corrected chi connectivity index (χ1v) is 5.51. The predicted molar refractivity (Wildman–Crippen MR) is 61.2 cm³/mol. The minimum atomic E-state index is -0.419. The summed E-state index contributed by atoms with van der Waals surface area (Å²) in [4.78, 5) is 14.9. The van der Waals surface area contributed by atoms with E-state index < -0.39 is 5.54 Å². The Hall–Kier alpha value is -0.670. The van der Waals surface area contributed by atoms with Gasteiger partial charge in [-0.15, -0.1) is 11.3 Å². The van der Waals surface area contributed by atoms with Crippen molar-refractivity contribution in [3.05, 3.63) is 21.9 Å². The second-order valence-corrected chi connectivity index (χ2v) is 5.18. The van der Waals surface area contributed by atoms with Gasteiger partial charge in [-0.05, 0) is 51.9 Å². The van der Waals surface area contributed by atoms with Crippen molar-refractivity contribution in [2.75, 3.05) is 14.1 Å². The number of carbonyl (C=O) groups excluding carboxylic acids is 1. The van der Waals surface area contributed by atoms with Crippen LogP contribution < -0.4 is 0 Å². The number of rotatable bonds is 3. The zero-order valence-electron chi connectivity index (χ0n) is 9.42. The molecule has 1 aromatic heterocycles. The lowest BCUT2D eigenvalue weighted by molar-refractivity contribution is 0.0760. The van der Waals surface area contributed by atoms with Crippen LogP contribution in [0.15, 0.2) is 11.4 Å². The van der Waals surface area contributed by atoms with E-state index in [2.05, 4.69) is 0 Å². The number of thiophene rings is 1. The number of aryl methyl sites for hydroxylation is 1. The molecule has 0 amide bonds. The quantitative estimate of drug-likeness (QED) is 0.716. The SMILES string of the molecule is Cc1csc(C(=O)C(C)(C)N(C)C)c1. The van der Waals surface area contributed by atoms with E-state index in [4.69, 9.17) is 0 Å². The van der Waals surface area contributed by atoms with Crippen molar-refractivity contribution in [2.24, 2.45) is 0 Å². The largest absolute Gasteiger partial charge is 0.297 e. The lowest BCUT2D eigenvalue weighted by Crippen LogP contribution is -2.45. The molecule has 78 valence electrons. The van der Waals surface area contributed by atoms with Gasteiger partial charge in [0, 0.05) is 0 Å². The van der Waals surface area contributed by atoms with Crippen LogP contribution in [-0.4, -0.2) is 30.3 Å². The second kappa shape index (κ2) is 3.83. The Bertz CT molecular complexity index is 339. The monoisotopic (exact) mass is 211 g/mol. The van der Waals surface area contributed by atoms with Crippen molar-refractivity contribution in [2.45, 2.75) is 26.3 Å². The smallest absolute Gasteiger partial charge is 0.192 e. The molecular weight excluding hydrogens is 194 g/mol. The zero-order chi connectivity index (χ0) is 10.9. The normalized spacial score (nSPS) is 12.1. The van der Waals surface area contributed by atoms with Crippen molar-refractivity contribution < 1.29 is 4.79 Å². The van der Waals surface area contributed by atoms with Gasteiger partial charge in [-0.25, -0.2) is 0 Å². The van der Waals surface area contributed by atoms with Gasteiger partial charge in [-0.1, -0.05) is 0 Å². The average molecular weight is 211 g/mol. The van der Waals surface area contributed by atoms with Gasteiger partial charge in [0.25, 0.3) is 0 Å². The molecule has 0 fully saturated rings. The summed E-state index contributed by atoms with van der Waals surface area (Å²) in [5.74, 6) is 0.195. The molecule has 0 N–H and O–H groups in total. The Balaban J connectivity index is 2.96. The summed E-state index contributed by atoms with van der Waals surface area (Å²) in [7, 11) is 3.86. The first-order chi connectivity index (χ1) is 6.35. The van der Waals surface area contributed by atoms with Gasteiger partial charge in [-0.3, -0.25) is 9.69 Å². The van der Waals surface area contributed by atoms with Gasteiger partial charge in [-0.2, -0.15) is 0 Å². The fraction of sp³-hybridized carbons (Fsp3) is 0.545. The zero-order valence-corrected chi connectivity index (χ0v) is 10.2. The fourth-order valence-electron chi connectivity index (χ4n) is 1.05. The van der Waals surface area contributed by atoms with Crippen LogP contribution in [0.5, 0.6) is 0 Å². The molecule has 1 aromatic rings. The van der Waals surface area contributed by atoms with Gasteiger partial charge in [0.15, 0.2) is 5.78 Å². The molecule has 0 aromatic carbocycles. The first-order valence-electron chi connectivity index (χ1n) is 4.63. The maximum absolute atomic E-state index is 12.1. The molecule has 0 radical (unpaired) electrons. The van der Waals surface area contributed by atoms with Gasteiger partial charge in [0.05, 0.1) is 10.4 Å². The van der Waals surface area contributed by atoms with E-state index in [-0.39, 0.29) is 5.78 Å². The summed E-state index contributed by atoms with van der Waals surface area (Å²) in [6.45, 7) is 5.91. The van der Waals surface area contributed by atoms with E-state index in [1.54, 1.807) is 0 Å². The van der Waals surface area contributed by atoms with Crippen molar-refractivity contribution in [1.29, 1.82) is 0 Å². The molecule has 0 saturated heterocycles. The van der Waals surface area contributed by atoms with Crippen LogP contribution >= 0.6 is 11.3 Å². The van der Waals surface area contributed by atoms with Crippen molar-refractivity contribution in [3.8, 4) is 0 Å². The van der Waals surface area contributed by atoms with Gasteiger partial charge < -0.3 is 0 Å². The number of nitrogens with zero attached hydrogens (tertiary/aromatic N) is 1. The van der Waals surface area contributed by atoms with Crippen LogP contribution in [0.4, 0.5) is 0 Å². The van der Waals surface area contributed by atoms with E-state index in [1.165, 1.54) is 11.3 Å². The maximum atomic E-state index is 12.1. The predicted octanol–water partition coefficient (Wildman–Crippen LogP) is 2.58. The summed E-state index contributed by atoms with van der Waals surface area (Å²) >= 11 is 1.53. The number of ketones is 1. The molecular formula is C11H17NOS. The van der Waals surface area contributed by atoms with Crippen molar-refractivity contribution in [3.63, 3.8) is 0 Å². The third-order valence-electron chi connectivity index (χ3n) is 2.63. The molecule has 0 bridgehead atoms. The number of carbonyl (C=O) groups is 1. The van der Waals surface area contributed by atoms with E-state index in [9.17, 15) is 4.79 Å². The Kier molecular flexibility index (Phi) is 3.12. The molecule has 0 atom stereocenters. The van der Waals surface area contributed by atoms with Crippen LogP contribution in [0.1, 0.15) is 29.1 Å². The molecule has 2 nitrogen and oxygen atoms in total. The Morgan fingerprint density at radius 2 is 2.00 bits per heavy atom. The standard InChI is InChI=1S/C11H17NOS/c1-8-6-9(14-7-8)10(13)11(2,3)12(4)5/h6-7H,1-5H3. The molecule has 0 unspecified atom stereocenters. The lowest BCUT2D eigenvalue weighted by atomic mass is 9.96. The Morgan fingerprint density at radius 3 is 2.36 bits per heavy atom. The Morgan fingerprint density at radius 1 is 1.43 bits per heavy atom. The Labute approximate surface area is 89.5 Å². The molecule has 0 saturated carbocycles. The highest BCUT2D eigenvalue weighted by molar-refractivity contribution is 7.12. The number of Topliss-reactive ketones (excluding diaryl/α,β-unsaturated/α-hetero) is 1. The van der Waals surface area contributed by atoms with Crippen LogP contribution in [0.25, 0.3) is 0 Å². The van der Waals surface area contributed by atoms with Crippen LogP contribution in [-0.2, 0) is 0 Å². The summed E-state index contributed by atoms with van der Waals surface area (Å²) < 4.78 is 0. The maximum Gasteiger partial charge on any atom is 0.192 e. The number of likely N-dealkylation sites (N-methyl/N-ethyl adjacent to an activating group) is 1. The highest BCUT2D eigenvalue weighted by Crippen LogP contribution is 2.22. The van der Waals surface area contributed by atoms with Gasteiger partial charge in [0.1, 0.15) is 0 Å².